The maximum absolute atomic E-state index is 11.8. The predicted octanol–water partition coefficient (Wildman–Crippen LogP) is 1.87. The van der Waals surface area contributed by atoms with Gasteiger partial charge in [0.05, 0.1) is 0 Å². The van der Waals surface area contributed by atoms with Crippen LogP contribution >= 0.6 is 0 Å². The van der Waals surface area contributed by atoms with Gasteiger partial charge in [-0.25, -0.2) is 9.59 Å². The molecule has 0 unspecified atom stereocenters. The Labute approximate surface area is 107 Å². The third-order valence-corrected chi connectivity index (χ3v) is 4.32. The molecule has 18 heavy (non-hydrogen) atoms. The number of carboxylic acid groups (broad SMARTS) is 1. The first-order chi connectivity index (χ1) is 8.52. The van der Waals surface area contributed by atoms with E-state index in [1.165, 1.54) is 0 Å². The lowest BCUT2D eigenvalue weighted by molar-refractivity contribution is -0.148. The Bertz CT molecular complexity index is 331. The summed E-state index contributed by atoms with van der Waals surface area (Å²) in [5.41, 5.74) is -1.01. The van der Waals surface area contributed by atoms with Crippen molar-refractivity contribution in [2.24, 2.45) is 5.92 Å². The van der Waals surface area contributed by atoms with Gasteiger partial charge in [0.25, 0.3) is 0 Å². The molecule has 2 saturated carbocycles. The summed E-state index contributed by atoms with van der Waals surface area (Å²) in [5, 5.41) is 14.7. The van der Waals surface area contributed by atoms with Crippen molar-refractivity contribution in [1.82, 2.24) is 10.6 Å². The molecule has 2 rings (SSSR count). The minimum Gasteiger partial charge on any atom is -0.480 e. The van der Waals surface area contributed by atoms with Crippen LogP contribution < -0.4 is 10.6 Å². The van der Waals surface area contributed by atoms with Gasteiger partial charge in [0, 0.05) is 6.04 Å². The van der Waals surface area contributed by atoms with Crippen molar-refractivity contribution in [2.45, 2.75) is 63.5 Å². The molecule has 2 aliphatic rings. The minimum atomic E-state index is -1.01. The van der Waals surface area contributed by atoms with E-state index < -0.39 is 11.5 Å². The number of rotatable bonds is 3. The fraction of sp³-hybridized carbons (Fsp3) is 0.846. The zero-order valence-electron chi connectivity index (χ0n) is 10.9. The van der Waals surface area contributed by atoms with Crippen LogP contribution in [-0.4, -0.2) is 28.7 Å². The summed E-state index contributed by atoms with van der Waals surface area (Å²) in [6.45, 7) is 2.23. The quantitative estimate of drug-likeness (QED) is 0.719. The second-order valence-electron chi connectivity index (χ2n) is 5.80. The van der Waals surface area contributed by atoms with Crippen molar-refractivity contribution >= 4 is 12.0 Å². The molecule has 0 saturated heterocycles. The van der Waals surface area contributed by atoms with E-state index in [1.54, 1.807) is 0 Å². The van der Waals surface area contributed by atoms with E-state index in [4.69, 9.17) is 5.11 Å². The lowest BCUT2D eigenvalue weighted by Gasteiger charge is -2.38. The van der Waals surface area contributed by atoms with Gasteiger partial charge in [-0.1, -0.05) is 6.92 Å². The second kappa shape index (κ2) is 5.16. The Morgan fingerprint density at radius 1 is 1.17 bits per heavy atom. The van der Waals surface area contributed by atoms with Crippen molar-refractivity contribution in [3.8, 4) is 0 Å². The number of carbonyl (C=O) groups excluding carboxylic acids is 1. The van der Waals surface area contributed by atoms with Crippen molar-refractivity contribution < 1.29 is 14.7 Å². The van der Waals surface area contributed by atoms with E-state index in [0.717, 1.165) is 38.0 Å². The average Bonchev–Trinajstić information content (AvgIpc) is 2.26. The zero-order chi connectivity index (χ0) is 13.2. The van der Waals surface area contributed by atoms with Gasteiger partial charge in [-0.3, -0.25) is 0 Å². The van der Waals surface area contributed by atoms with Gasteiger partial charge < -0.3 is 15.7 Å². The molecule has 0 heterocycles. The summed E-state index contributed by atoms with van der Waals surface area (Å²) >= 11 is 0. The maximum Gasteiger partial charge on any atom is 0.329 e. The first-order valence-corrected chi connectivity index (χ1v) is 6.84. The van der Waals surface area contributed by atoms with E-state index in [1.807, 2.05) is 0 Å². The number of hydrogen-bond donors (Lipinski definition) is 3. The van der Waals surface area contributed by atoms with Crippen molar-refractivity contribution in [2.75, 3.05) is 0 Å². The fourth-order valence-corrected chi connectivity index (χ4v) is 2.77. The Kier molecular flexibility index (Phi) is 3.78. The van der Waals surface area contributed by atoms with Crippen LogP contribution in [0.15, 0.2) is 0 Å². The van der Waals surface area contributed by atoms with Crippen molar-refractivity contribution in [3.63, 3.8) is 0 Å². The molecule has 5 heteroatoms. The SMILES string of the molecule is CC1CCC(NC(=O)NC2(C(=O)O)CCC2)CC1. The molecule has 102 valence electrons. The highest BCUT2D eigenvalue weighted by Crippen LogP contribution is 2.32. The van der Waals surface area contributed by atoms with Crippen LogP contribution in [0, 0.1) is 5.92 Å². The third-order valence-electron chi connectivity index (χ3n) is 4.32. The number of nitrogens with one attached hydrogen (secondary N) is 2. The predicted molar refractivity (Wildman–Crippen MR) is 67.3 cm³/mol. The molecule has 0 spiro atoms. The summed E-state index contributed by atoms with van der Waals surface area (Å²) in [7, 11) is 0. The summed E-state index contributed by atoms with van der Waals surface area (Å²) in [6, 6.07) is -0.122. The van der Waals surface area contributed by atoms with E-state index in [9.17, 15) is 9.59 Å². The molecule has 2 fully saturated rings. The van der Waals surface area contributed by atoms with Crippen LogP contribution in [0.25, 0.3) is 0 Å². The monoisotopic (exact) mass is 254 g/mol. The number of carbonyl (C=O) groups is 2. The average molecular weight is 254 g/mol. The summed E-state index contributed by atoms with van der Waals surface area (Å²) in [6.07, 6.45) is 6.20. The molecule has 0 aliphatic heterocycles. The second-order valence-corrected chi connectivity index (χ2v) is 5.80. The molecule has 5 nitrogen and oxygen atoms in total. The Balaban J connectivity index is 1.80. The number of carboxylic acids is 1. The van der Waals surface area contributed by atoms with Crippen LogP contribution in [0.2, 0.25) is 0 Å². The lowest BCUT2D eigenvalue weighted by Crippen LogP contribution is -2.62. The molecule has 0 aromatic heterocycles. The van der Waals surface area contributed by atoms with Crippen molar-refractivity contribution in [3.05, 3.63) is 0 Å². The smallest absolute Gasteiger partial charge is 0.329 e. The highest BCUT2D eigenvalue weighted by molar-refractivity contribution is 5.87. The van der Waals surface area contributed by atoms with Gasteiger partial charge in [-0.2, -0.15) is 0 Å². The molecule has 2 aliphatic carbocycles. The summed E-state index contributed by atoms with van der Waals surface area (Å²) < 4.78 is 0. The largest absolute Gasteiger partial charge is 0.480 e. The normalized spacial score (nSPS) is 30.1. The maximum atomic E-state index is 11.8. The first kappa shape index (κ1) is 13.2. The van der Waals surface area contributed by atoms with Crippen LogP contribution in [-0.2, 0) is 4.79 Å². The number of amides is 2. The van der Waals surface area contributed by atoms with Crippen molar-refractivity contribution in [1.29, 1.82) is 0 Å². The Morgan fingerprint density at radius 2 is 1.78 bits per heavy atom. The molecule has 0 bridgehead atoms. The Hall–Kier alpha value is -1.26. The van der Waals surface area contributed by atoms with E-state index in [-0.39, 0.29) is 12.1 Å². The van der Waals surface area contributed by atoms with E-state index >= 15 is 0 Å². The summed E-state index contributed by atoms with van der Waals surface area (Å²) in [5.74, 6) is -0.177. The molecular weight excluding hydrogens is 232 g/mol. The van der Waals surface area contributed by atoms with Crippen LogP contribution in [0.4, 0.5) is 4.79 Å². The summed E-state index contributed by atoms with van der Waals surface area (Å²) in [4.78, 5) is 23.0. The van der Waals surface area contributed by atoms with Gasteiger partial charge in [-0.05, 0) is 50.9 Å². The van der Waals surface area contributed by atoms with Crippen LogP contribution in [0.5, 0.6) is 0 Å². The third kappa shape index (κ3) is 2.76. The highest BCUT2D eigenvalue weighted by atomic mass is 16.4. The highest BCUT2D eigenvalue weighted by Gasteiger charge is 2.45. The number of urea groups is 1. The molecule has 0 aromatic rings. The van der Waals surface area contributed by atoms with Gasteiger partial charge in [0.2, 0.25) is 0 Å². The zero-order valence-corrected chi connectivity index (χ0v) is 10.9. The molecule has 3 N–H and O–H groups in total. The fourth-order valence-electron chi connectivity index (χ4n) is 2.77. The standard InChI is InChI=1S/C13H22N2O3/c1-9-3-5-10(6-4-9)14-12(18)15-13(11(16)17)7-2-8-13/h9-10H,2-8H2,1H3,(H,16,17)(H2,14,15,18). The van der Waals surface area contributed by atoms with Crippen LogP contribution in [0.3, 0.4) is 0 Å². The van der Waals surface area contributed by atoms with Crippen LogP contribution in [0.1, 0.15) is 51.9 Å². The van der Waals surface area contributed by atoms with Gasteiger partial charge in [0.1, 0.15) is 5.54 Å². The molecule has 2 amide bonds. The minimum absolute atomic E-state index is 0.201. The first-order valence-electron chi connectivity index (χ1n) is 6.84. The van der Waals surface area contributed by atoms with Gasteiger partial charge >= 0.3 is 12.0 Å². The van der Waals surface area contributed by atoms with Gasteiger partial charge in [-0.15, -0.1) is 0 Å². The molecular formula is C13H22N2O3. The number of aliphatic carboxylic acids is 1. The molecule has 0 aromatic carbocycles. The van der Waals surface area contributed by atoms with E-state index in [0.29, 0.717) is 12.8 Å². The molecule has 0 atom stereocenters. The topological polar surface area (TPSA) is 78.4 Å². The van der Waals surface area contributed by atoms with E-state index in [2.05, 4.69) is 17.6 Å². The Morgan fingerprint density at radius 3 is 2.22 bits per heavy atom. The lowest BCUT2D eigenvalue weighted by atomic mass is 9.77. The molecule has 0 radical (unpaired) electrons. The number of hydrogen-bond acceptors (Lipinski definition) is 2. The van der Waals surface area contributed by atoms with Gasteiger partial charge in [0.15, 0.2) is 0 Å².